The van der Waals surface area contributed by atoms with Crippen LogP contribution in [-0.4, -0.2) is 0 Å². The van der Waals surface area contributed by atoms with Gasteiger partial charge in [0.1, 0.15) is 18.2 Å². The van der Waals surface area contributed by atoms with Crippen molar-refractivity contribution in [2.75, 3.05) is 0 Å². The second-order valence-corrected chi connectivity index (χ2v) is 6.37. The molecule has 122 valence electrons. The smallest absolute Gasteiger partial charge is 0.232 e. The van der Waals surface area contributed by atoms with Crippen LogP contribution >= 0.6 is 0 Å². The SMILES string of the molecule is [2H]C([2H])([2H])c1ccc(-c2c(C)ccc3c2oc2c([N+]#[C-])c(C)ccc23)[n+](C)c1. The number of aromatic nitrogens is 1. The molecule has 2 heterocycles. The summed E-state index contributed by atoms with van der Waals surface area (Å²) in [5.41, 5.74) is 5.79. The molecule has 0 aliphatic heterocycles. The molecule has 0 spiro atoms. The molecule has 0 atom stereocenters. The predicted molar refractivity (Wildman–Crippen MR) is 101 cm³/mol. The Hall–Kier alpha value is -3.12. The summed E-state index contributed by atoms with van der Waals surface area (Å²) in [6.45, 7) is 9.27. The van der Waals surface area contributed by atoms with Crippen LogP contribution in [0.1, 0.15) is 20.8 Å². The van der Waals surface area contributed by atoms with Gasteiger partial charge < -0.3 is 4.42 Å². The van der Waals surface area contributed by atoms with Crippen LogP contribution in [0.25, 0.3) is 38.0 Å². The highest BCUT2D eigenvalue weighted by Gasteiger charge is 2.21. The molecule has 25 heavy (non-hydrogen) atoms. The van der Waals surface area contributed by atoms with E-state index in [9.17, 15) is 0 Å². The molecule has 2 aromatic heterocycles. The lowest BCUT2D eigenvalue weighted by molar-refractivity contribution is -0.660. The van der Waals surface area contributed by atoms with Crippen LogP contribution in [0.4, 0.5) is 5.69 Å². The van der Waals surface area contributed by atoms with E-state index in [1.54, 1.807) is 12.3 Å². The van der Waals surface area contributed by atoms with Gasteiger partial charge in [0.05, 0.1) is 12.1 Å². The van der Waals surface area contributed by atoms with Gasteiger partial charge in [-0.3, -0.25) is 0 Å². The highest BCUT2D eigenvalue weighted by atomic mass is 16.3. The molecule has 0 aliphatic rings. The monoisotopic (exact) mass is 330 g/mol. The summed E-state index contributed by atoms with van der Waals surface area (Å²) in [7, 11) is 1.83. The molecule has 0 unspecified atom stereocenters. The molecule has 3 nitrogen and oxygen atoms in total. The van der Waals surface area contributed by atoms with Crippen molar-refractivity contribution >= 4 is 27.6 Å². The van der Waals surface area contributed by atoms with Crippen molar-refractivity contribution in [2.24, 2.45) is 7.05 Å². The van der Waals surface area contributed by atoms with Gasteiger partial charge in [0.25, 0.3) is 0 Å². The Labute approximate surface area is 151 Å². The molecule has 0 saturated carbocycles. The minimum absolute atomic E-state index is 0.291. The number of hydrogen-bond acceptors (Lipinski definition) is 1. The van der Waals surface area contributed by atoms with E-state index >= 15 is 0 Å². The average Bonchev–Trinajstić information content (AvgIpc) is 2.99. The zero-order valence-corrected chi connectivity index (χ0v) is 14.3. The predicted octanol–water partition coefficient (Wildman–Crippen LogP) is 5.55. The molecule has 2 aromatic carbocycles. The van der Waals surface area contributed by atoms with E-state index in [0.717, 1.165) is 33.2 Å². The van der Waals surface area contributed by atoms with Gasteiger partial charge in [0.15, 0.2) is 6.20 Å². The van der Waals surface area contributed by atoms with Crippen LogP contribution in [0.15, 0.2) is 47.0 Å². The third-order valence-corrected chi connectivity index (χ3v) is 4.69. The highest BCUT2D eigenvalue weighted by Crippen LogP contribution is 2.41. The lowest BCUT2D eigenvalue weighted by Gasteiger charge is -2.06. The number of benzene rings is 2. The van der Waals surface area contributed by atoms with Crippen molar-refractivity contribution in [3.8, 4) is 11.3 Å². The topological polar surface area (TPSA) is 21.4 Å². The van der Waals surface area contributed by atoms with Crippen LogP contribution in [0.3, 0.4) is 0 Å². The standard InChI is InChI=1S/C22H19N2O/c1-13-6-11-18(24(5)12-13)19-14(2)7-9-16-17-10-8-15(3)20(23-4)22(17)25-21(16)19/h6-12H,1-3,5H3/q+1/i1D3. The average molecular weight is 330 g/mol. The Morgan fingerprint density at radius 3 is 2.40 bits per heavy atom. The van der Waals surface area contributed by atoms with E-state index in [2.05, 4.69) is 4.85 Å². The number of pyridine rings is 1. The maximum atomic E-state index is 7.63. The molecule has 4 rings (SSSR count). The van der Waals surface area contributed by atoms with Crippen molar-refractivity contribution in [3.05, 3.63) is 70.7 Å². The Morgan fingerprint density at radius 1 is 1.00 bits per heavy atom. The number of furan rings is 1. The highest BCUT2D eigenvalue weighted by molar-refractivity contribution is 6.13. The molecule has 0 aliphatic carbocycles. The third kappa shape index (κ3) is 2.22. The van der Waals surface area contributed by atoms with Crippen molar-refractivity contribution in [1.82, 2.24) is 0 Å². The molecule has 0 radical (unpaired) electrons. The Balaban J connectivity index is 2.07. The summed E-state index contributed by atoms with van der Waals surface area (Å²) in [4.78, 5) is 3.66. The van der Waals surface area contributed by atoms with Crippen LogP contribution in [0.5, 0.6) is 0 Å². The molecular formula is C22H19N2O+. The van der Waals surface area contributed by atoms with E-state index in [1.165, 1.54) is 0 Å². The molecule has 3 heteroatoms. The Morgan fingerprint density at radius 2 is 1.72 bits per heavy atom. The number of aryl methyl sites for hydroxylation is 4. The van der Waals surface area contributed by atoms with Gasteiger partial charge >= 0.3 is 0 Å². The lowest BCUT2D eigenvalue weighted by atomic mass is 10.00. The molecular weight excluding hydrogens is 308 g/mol. The summed E-state index contributed by atoms with van der Waals surface area (Å²) >= 11 is 0. The number of hydrogen-bond donors (Lipinski definition) is 0. The summed E-state index contributed by atoms with van der Waals surface area (Å²) in [5.74, 6) is 0. The van der Waals surface area contributed by atoms with Crippen molar-refractivity contribution < 1.29 is 13.1 Å². The Kier molecular flexibility index (Phi) is 2.68. The zero-order valence-electron chi connectivity index (χ0n) is 17.3. The first-order valence-electron chi connectivity index (χ1n) is 9.56. The van der Waals surface area contributed by atoms with Gasteiger partial charge in [0, 0.05) is 26.5 Å². The van der Waals surface area contributed by atoms with Gasteiger partial charge in [-0.05, 0) is 37.9 Å². The normalized spacial score (nSPS) is 13.4. The maximum Gasteiger partial charge on any atom is 0.232 e. The first-order valence-corrected chi connectivity index (χ1v) is 8.06. The Bertz CT molecular complexity index is 1290. The molecule has 0 saturated heterocycles. The van der Waals surface area contributed by atoms with Gasteiger partial charge in [-0.2, -0.15) is 0 Å². The van der Waals surface area contributed by atoms with Gasteiger partial charge in [0.2, 0.25) is 11.4 Å². The second kappa shape index (κ2) is 5.46. The van der Waals surface area contributed by atoms with Crippen LogP contribution in [0, 0.1) is 27.3 Å². The van der Waals surface area contributed by atoms with Crippen LogP contribution in [0.2, 0.25) is 0 Å². The van der Waals surface area contributed by atoms with E-state index in [1.807, 2.05) is 55.8 Å². The van der Waals surface area contributed by atoms with Gasteiger partial charge in [-0.1, -0.05) is 24.3 Å². The van der Waals surface area contributed by atoms with Crippen molar-refractivity contribution in [3.63, 3.8) is 0 Å². The fourth-order valence-electron chi connectivity index (χ4n) is 3.41. The number of nitrogens with zero attached hydrogens (tertiary/aromatic N) is 2. The minimum atomic E-state index is -2.15. The van der Waals surface area contributed by atoms with Crippen molar-refractivity contribution in [2.45, 2.75) is 20.7 Å². The first kappa shape index (κ1) is 12.3. The third-order valence-electron chi connectivity index (χ3n) is 4.69. The first-order chi connectivity index (χ1) is 13.2. The van der Waals surface area contributed by atoms with Gasteiger partial charge in [-0.25, -0.2) is 9.41 Å². The largest absolute Gasteiger partial charge is 0.466 e. The summed E-state index contributed by atoms with van der Waals surface area (Å²) in [6, 6.07) is 11.4. The molecule has 0 fully saturated rings. The molecule has 0 amide bonds. The van der Waals surface area contributed by atoms with Crippen LogP contribution < -0.4 is 4.57 Å². The lowest BCUT2D eigenvalue weighted by Crippen LogP contribution is -2.31. The summed E-state index contributed by atoms with van der Waals surface area (Å²) in [5, 5.41) is 1.86. The van der Waals surface area contributed by atoms with E-state index in [4.69, 9.17) is 15.1 Å². The zero-order chi connectivity index (χ0) is 20.2. The maximum absolute atomic E-state index is 7.63. The second-order valence-electron chi connectivity index (χ2n) is 6.37. The van der Waals surface area contributed by atoms with E-state index in [-0.39, 0.29) is 0 Å². The van der Waals surface area contributed by atoms with E-state index < -0.39 is 6.85 Å². The quantitative estimate of drug-likeness (QED) is 0.331. The van der Waals surface area contributed by atoms with Crippen molar-refractivity contribution in [1.29, 1.82) is 0 Å². The number of rotatable bonds is 1. The van der Waals surface area contributed by atoms with Crippen LogP contribution in [-0.2, 0) is 7.05 Å². The van der Waals surface area contributed by atoms with Gasteiger partial charge in [-0.15, -0.1) is 0 Å². The fourth-order valence-corrected chi connectivity index (χ4v) is 3.41. The molecule has 0 bridgehead atoms. The summed E-state index contributed by atoms with van der Waals surface area (Å²) in [6.07, 6.45) is 1.64. The molecule has 0 N–H and O–H groups in total. The number of fused-ring (bicyclic) bond motifs is 3. The minimum Gasteiger partial charge on any atom is -0.466 e. The fraction of sp³-hybridized carbons (Fsp3) is 0.182. The summed E-state index contributed by atoms with van der Waals surface area (Å²) < 4.78 is 30.9. The molecule has 4 aromatic rings. The van der Waals surface area contributed by atoms with E-state index in [0.29, 0.717) is 22.4 Å².